The summed E-state index contributed by atoms with van der Waals surface area (Å²) in [5.41, 5.74) is 1.46. The molecular formula is C14H11N3O2S. The van der Waals surface area contributed by atoms with Crippen molar-refractivity contribution in [2.45, 2.75) is 6.92 Å². The second-order valence-electron chi connectivity index (χ2n) is 4.16. The summed E-state index contributed by atoms with van der Waals surface area (Å²) >= 11 is 1.40. The van der Waals surface area contributed by atoms with Crippen molar-refractivity contribution >= 4 is 22.9 Å². The first-order chi connectivity index (χ1) is 9.72. The average molecular weight is 285 g/mol. The van der Waals surface area contributed by atoms with E-state index in [1.54, 1.807) is 19.1 Å². The van der Waals surface area contributed by atoms with Gasteiger partial charge in [-0.1, -0.05) is 17.3 Å². The molecule has 100 valence electrons. The molecule has 3 aromatic rings. The highest BCUT2D eigenvalue weighted by Gasteiger charge is 2.10. The van der Waals surface area contributed by atoms with Crippen molar-refractivity contribution in [2.75, 3.05) is 5.32 Å². The maximum atomic E-state index is 12.0. The number of aryl methyl sites for hydroxylation is 1. The van der Waals surface area contributed by atoms with Crippen molar-refractivity contribution in [2.24, 2.45) is 0 Å². The molecule has 1 N–H and O–H groups in total. The van der Waals surface area contributed by atoms with Crippen molar-refractivity contribution in [1.82, 2.24) is 10.1 Å². The van der Waals surface area contributed by atoms with Crippen LogP contribution in [0.15, 0.2) is 46.3 Å². The molecule has 2 heterocycles. The summed E-state index contributed by atoms with van der Waals surface area (Å²) in [5.74, 6) is 0.890. The maximum Gasteiger partial charge on any atom is 0.265 e. The van der Waals surface area contributed by atoms with E-state index in [-0.39, 0.29) is 5.91 Å². The lowest BCUT2D eigenvalue weighted by Gasteiger charge is -2.04. The minimum Gasteiger partial charge on any atom is -0.334 e. The van der Waals surface area contributed by atoms with Gasteiger partial charge in [0.25, 0.3) is 11.8 Å². The third-order valence-electron chi connectivity index (χ3n) is 2.64. The van der Waals surface area contributed by atoms with Gasteiger partial charge in [-0.25, -0.2) is 0 Å². The van der Waals surface area contributed by atoms with Gasteiger partial charge in [-0.3, -0.25) is 4.79 Å². The number of anilines is 1. The Balaban J connectivity index is 1.83. The molecule has 1 aromatic carbocycles. The lowest BCUT2D eigenvalue weighted by atomic mass is 10.2. The highest BCUT2D eigenvalue weighted by atomic mass is 32.1. The zero-order chi connectivity index (χ0) is 13.9. The van der Waals surface area contributed by atoms with Crippen LogP contribution in [0, 0.1) is 6.92 Å². The Morgan fingerprint density at radius 1 is 1.30 bits per heavy atom. The number of amides is 1. The van der Waals surface area contributed by atoms with E-state index in [2.05, 4.69) is 15.5 Å². The van der Waals surface area contributed by atoms with E-state index in [4.69, 9.17) is 4.52 Å². The molecule has 0 fully saturated rings. The molecule has 6 heteroatoms. The summed E-state index contributed by atoms with van der Waals surface area (Å²) in [6.45, 7) is 1.76. The fourth-order valence-electron chi connectivity index (χ4n) is 1.74. The Hall–Kier alpha value is -2.47. The highest BCUT2D eigenvalue weighted by molar-refractivity contribution is 7.12. The minimum absolute atomic E-state index is 0.126. The first kappa shape index (κ1) is 12.6. The SMILES string of the molecule is Cc1noc(-c2cccc(NC(=O)c3cccs3)c2)n1. The third kappa shape index (κ3) is 2.60. The molecule has 5 nitrogen and oxygen atoms in total. The Morgan fingerprint density at radius 3 is 2.90 bits per heavy atom. The molecule has 20 heavy (non-hydrogen) atoms. The van der Waals surface area contributed by atoms with Crippen molar-refractivity contribution in [3.63, 3.8) is 0 Å². The summed E-state index contributed by atoms with van der Waals surface area (Å²) in [7, 11) is 0. The normalized spacial score (nSPS) is 10.4. The molecule has 0 atom stereocenters. The predicted molar refractivity (Wildman–Crippen MR) is 76.7 cm³/mol. The smallest absolute Gasteiger partial charge is 0.265 e. The molecular weight excluding hydrogens is 274 g/mol. The van der Waals surface area contributed by atoms with Crippen LogP contribution >= 0.6 is 11.3 Å². The van der Waals surface area contributed by atoms with Crippen LogP contribution in [0.3, 0.4) is 0 Å². The van der Waals surface area contributed by atoms with Crippen molar-refractivity contribution in [3.05, 3.63) is 52.5 Å². The minimum atomic E-state index is -0.126. The lowest BCUT2D eigenvalue weighted by Crippen LogP contribution is -2.09. The Morgan fingerprint density at radius 2 is 2.20 bits per heavy atom. The molecule has 2 aromatic heterocycles. The summed E-state index contributed by atoms with van der Waals surface area (Å²) < 4.78 is 5.11. The molecule has 0 aliphatic carbocycles. The number of aromatic nitrogens is 2. The van der Waals surface area contributed by atoms with Gasteiger partial charge in [-0.15, -0.1) is 11.3 Å². The van der Waals surface area contributed by atoms with E-state index < -0.39 is 0 Å². The van der Waals surface area contributed by atoms with Gasteiger partial charge in [0.1, 0.15) is 0 Å². The molecule has 1 amide bonds. The van der Waals surface area contributed by atoms with Gasteiger partial charge in [0.2, 0.25) is 0 Å². The van der Waals surface area contributed by atoms with E-state index >= 15 is 0 Å². The number of hydrogen-bond acceptors (Lipinski definition) is 5. The Bertz CT molecular complexity index is 734. The third-order valence-corrected chi connectivity index (χ3v) is 3.51. The Kier molecular flexibility index (Phi) is 3.30. The Labute approximate surface area is 119 Å². The summed E-state index contributed by atoms with van der Waals surface area (Å²) in [4.78, 5) is 16.8. The van der Waals surface area contributed by atoms with E-state index in [1.807, 2.05) is 29.6 Å². The van der Waals surface area contributed by atoms with Gasteiger partial charge in [0.05, 0.1) is 4.88 Å². The van der Waals surface area contributed by atoms with Gasteiger partial charge in [-0.2, -0.15) is 4.98 Å². The van der Waals surface area contributed by atoms with Crippen molar-refractivity contribution in [3.8, 4) is 11.5 Å². The van der Waals surface area contributed by atoms with E-state index in [9.17, 15) is 4.79 Å². The van der Waals surface area contributed by atoms with Crippen LogP contribution in [0.4, 0.5) is 5.69 Å². The standard InChI is InChI=1S/C14H11N3O2S/c1-9-15-14(19-17-9)10-4-2-5-11(8-10)16-13(18)12-6-3-7-20-12/h2-8H,1H3,(H,16,18). The van der Waals surface area contributed by atoms with Crippen LogP contribution in [-0.2, 0) is 0 Å². The summed E-state index contributed by atoms with van der Waals surface area (Å²) in [6.07, 6.45) is 0. The van der Waals surface area contributed by atoms with E-state index in [0.29, 0.717) is 22.3 Å². The van der Waals surface area contributed by atoms with Gasteiger partial charge in [0, 0.05) is 11.3 Å². The number of nitrogens with zero attached hydrogens (tertiary/aromatic N) is 2. The number of benzene rings is 1. The largest absolute Gasteiger partial charge is 0.334 e. The fraction of sp³-hybridized carbons (Fsp3) is 0.0714. The van der Waals surface area contributed by atoms with Crippen LogP contribution in [0.1, 0.15) is 15.5 Å². The molecule has 0 spiro atoms. The quantitative estimate of drug-likeness (QED) is 0.801. The molecule has 0 saturated heterocycles. The van der Waals surface area contributed by atoms with Crippen molar-refractivity contribution in [1.29, 1.82) is 0 Å². The first-order valence-corrected chi connectivity index (χ1v) is 6.86. The zero-order valence-electron chi connectivity index (χ0n) is 10.7. The van der Waals surface area contributed by atoms with Gasteiger partial charge in [-0.05, 0) is 36.6 Å². The van der Waals surface area contributed by atoms with Crippen molar-refractivity contribution < 1.29 is 9.32 Å². The number of hydrogen-bond donors (Lipinski definition) is 1. The van der Waals surface area contributed by atoms with Crippen LogP contribution in [0.25, 0.3) is 11.5 Å². The molecule has 0 unspecified atom stereocenters. The topological polar surface area (TPSA) is 68.0 Å². The van der Waals surface area contributed by atoms with Gasteiger partial charge >= 0.3 is 0 Å². The van der Waals surface area contributed by atoms with Gasteiger partial charge in [0.15, 0.2) is 5.82 Å². The van der Waals surface area contributed by atoms with Crippen LogP contribution in [0.2, 0.25) is 0 Å². The summed E-state index contributed by atoms with van der Waals surface area (Å²) in [5, 5.41) is 8.46. The number of carbonyl (C=O) groups excluding carboxylic acids is 1. The monoisotopic (exact) mass is 285 g/mol. The maximum absolute atomic E-state index is 12.0. The number of rotatable bonds is 3. The van der Waals surface area contributed by atoms with E-state index in [1.165, 1.54) is 11.3 Å². The highest BCUT2D eigenvalue weighted by Crippen LogP contribution is 2.21. The number of nitrogens with one attached hydrogen (secondary N) is 1. The fourth-order valence-corrected chi connectivity index (χ4v) is 2.36. The zero-order valence-corrected chi connectivity index (χ0v) is 11.5. The predicted octanol–water partition coefficient (Wildman–Crippen LogP) is 3.36. The molecule has 0 aliphatic heterocycles. The molecule has 0 saturated carbocycles. The molecule has 0 radical (unpaired) electrons. The molecule has 0 bridgehead atoms. The van der Waals surface area contributed by atoms with Gasteiger partial charge < -0.3 is 9.84 Å². The van der Waals surface area contributed by atoms with E-state index in [0.717, 1.165) is 5.56 Å². The second-order valence-corrected chi connectivity index (χ2v) is 5.11. The van der Waals surface area contributed by atoms with Crippen LogP contribution < -0.4 is 5.32 Å². The molecule has 3 rings (SSSR count). The molecule has 0 aliphatic rings. The first-order valence-electron chi connectivity index (χ1n) is 5.98. The summed E-state index contributed by atoms with van der Waals surface area (Å²) in [6, 6.07) is 10.9. The lowest BCUT2D eigenvalue weighted by molar-refractivity contribution is 0.103. The second kappa shape index (κ2) is 5.26. The number of carbonyl (C=O) groups is 1. The van der Waals surface area contributed by atoms with Crippen LogP contribution in [-0.4, -0.2) is 16.0 Å². The number of thiophene rings is 1. The average Bonchev–Trinajstić information content (AvgIpc) is 3.10. The van der Waals surface area contributed by atoms with Crippen LogP contribution in [0.5, 0.6) is 0 Å².